The molecule has 0 bridgehead atoms. The second kappa shape index (κ2) is 5.70. The van der Waals surface area contributed by atoms with Gasteiger partial charge in [0, 0.05) is 6.21 Å². The normalized spacial score (nSPS) is 13.3. The number of ether oxygens (including phenoxy) is 1. The van der Waals surface area contributed by atoms with Gasteiger partial charge >= 0.3 is 5.97 Å². The van der Waals surface area contributed by atoms with Crippen molar-refractivity contribution in [2.24, 2.45) is 10.7 Å². The maximum atomic E-state index is 11.2. The first kappa shape index (κ1) is 13.9. The van der Waals surface area contributed by atoms with Gasteiger partial charge in [0.05, 0.1) is 10.7 Å². The van der Waals surface area contributed by atoms with Crippen molar-refractivity contribution >= 4 is 34.8 Å². The van der Waals surface area contributed by atoms with Gasteiger partial charge in [-0.25, -0.2) is 4.79 Å². The van der Waals surface area contributed by atoms with Crippen molar-refractivity contribution in [3.8, 4) is 6.07 Å². The third-order valence-electron chi connectivity index (χ3n) is 1.56. The first-order chi connectivity index (χ1) is 6.85. The largest absolute Gasteiger partial charge is 0.467 e. The number of halogens is 1. The van der Waals surface area contributed by atoms with Gasteiger partial charge in [-0.05, 0) is 36.4 Å². The number of methoxy groups -OCH3 is 1. The van der Waals surface area contributed by atoms with E-state index in [1.807, 2.05) is 22.6 Å². The molecule has 0 aromatic rings. The van der Waals surface area contributed by atoms with Crippen LogP contribution in [0.4, 0.5) is 0 Å². The molecule has 0 amide bonds. The Hall–Kier alpha value is -1.10. The van der Waals surface area contributed by atoms with Crippen molar-refractivity contribution in [2.45, 2.75) is 19.4 Å². The Kier molecular flexibility index (Phi) is 5.28. The number of nitriles is 1. The van der Waals surface area contributed by atoms with Crippen LogP contribution in [0.3, 0.4) is 0 Å². The predicted octanol–water partition coefficient (Wildman–Crippen LogP) is 1.14. The monoisotopic (exact) mass is 321 g/mol. The van der Waals surface area contributed by atoms with E-state index in [4.69, 9.17) is 11.0 Å². The number of carbonyl (C=O) groups excluding carboxylic acids is 1. The first-order valence-corrected chi connectivity index (χ1v) is 5.12. The Morgan fingerprint density at radius 1 is 1.67 bits per heavy atom. The molecular weight excluding hydrogens is 309 g/mol. The molecule has 0 fully saturated rings. The van der Waals surface area contributed by atoms with Gasteiger partial charge in [0.2, 0.25) is 0 Å². The average Bonchev–Trinajstić information content (AvgIpc) is 2.23. The molecule has 0 unspecified atom stereocenters. The molecule has 0 aliphatic rings. The van der Waals surface area contributed by atoms with E-state index in [1.54, 1.807) is 19.9 Å². The van der Waals surface area contributed by atoms with E-state index in [0.29, 0.717) is 3.58 Å². The lowest BCUT2D eigenvalue weighted by atomic mass is 10.1. The number of aliphatic imine (C=N–C) groups is 1. The van der Waals surface area contributed by atoms with E-state index >= 15 is 0 Å². The first-order valence-electron chi connectivity index (χ1n) is 4.04. The molecule has 0 saturated carbocycles. The molecule has 15 heavy (non-hydrogen) atoms. The molecule has 0 rings (SSSR count). The number of nitrogens with zero attached hydrogens (tertiary/aromatic N) is 2. The van der Waals surface area contributed by atoms with Gasteiger partial charge in [-0.15, -0.1) is 0 Å². The fourth-order valence-electron chi connectivity index (χ4n) is 0.643. The zero-order chi connectivity index (χ0) is 12.1. The average molecular weight is 321 g/mol. The van der Waals surface area contributed by atoms with Crippen LogP contribution in [0.5, 0.6) is 0 Å². The fourth-order valence-corrected chi connectivity index (χ4v) is 0.903. The SMILES string of the molecule is COC(=O)C(C)(C)N=CC(I)=C(N)C#N. The van der Waals surface area contributed by atoms with Crippen LogP contribution in [0.25, 0.3) is 0 Å². The maximum Gasteiger partial charge on any atom is 0.333 e. The molecule has 82 valence electrons. The van der Waals surface area contributed by atoms with Crippen LogP contribution in [-0.4, -0.2) is 24.8 Å². The van der Waals surface area contributed by atoms with Gasteiger partial charge < -0.3 is 10.5 Å². The molecule has 0 atom stereocenters. The highest BCUT2D eigenvalue weighted by Gasteiger charge is 2.26. The lowest BCUT2D eigenvalue weighted by molar-refractivity contribution is -0.145. The zero-order valence-corrected chi connectivity index (χ0v) is 10.9. The number of nitrogens with two attached hydrogens (primary N) is 1. The number of rotatable bonds is 3. The van der Waals surface area contributed by atoms with Crippen molar-refractivity contribution in [3.63, 3.8) is 0 Å². The van der Waals surface area contributed by atoms with Crippen molar-refractivity contribution in [3.05, 3.63) is 9.28 Å². The predicted molar refractivity (Wildman–Crippen MR) is 65.4 cm³/mol. The highest BCUT2D eigenvalue weighted by atomic mass is 127. The minimum Gasteiger partial charge on any atom is -0.467 e. The van der Waals surface area contributed by atoms with Crippen molar-refractivity contribution in [1.29, 1.82) is 5.26 Å². The number of hydrogen-bond acceptors (Lipinski definition) is 5. The molecule has 0 aliphatic heterocycles. The standard InChI is InChI=1S/C9H12IN3O2/c1-9(2,8(14)15-3)13-5-6(10)7(12)4-11/h5H,12H2,1-3H3. The van der Waals surface area contributed by atoms with Gasteiger partial charge in [-0.1, -0.05) is 0 Å². The Morgan fingerprint density at radius 2 is 2.20 bits per heavy atom. The van der Waals surface area contributed by atoms with Gasteiger partial charge in [0.1, 0.15) is 11.8 Å². The van der Waals surface area contributed by atoms with Crippen molar-refractivity contribution in [2.75, 3.05) is 7.11 Å². The van der Waals surface area contributed by atoms with E-state index in [-0.39, 0.29) is 5.70 Å². The maximum absolute atomic E-state index is 11.2. The summed E-state index contributed by atoms with van der Waals surface area (Å²) < 4.78 is 5.06. The number of hydrogen-bond donors (Lipinski definition) is 1. The molecule has 6 heteroatoms. The summed E-state index contributed by atoms with van der Waals surface area (Å²) in [6.07, 6.45) is 1.38. The quantitative estimate of drug-likeness (QED) is 0.365. The highest BCUT2D eigenvalue weighted by molar-refractivity contribution is 14.1. The summed E-state index contributed by atoms with van der Waals surface area (Å²) in [6, 6.07) is 1.79. The van der Waals surface area contributed by atoms with Crippen LogP contribution in [0.15, 0.2) is 14.3 Å². The summed E-state index contributed by atoms with van der Waals surface area (Å²) in [5.41, 5.74) is 4.46. The molecule has 0 radical (unpaired) electrons. The van der Waals surface area contributed by atoms with E-state index in [2.05, 4.69) is 9.73 Å². The Morgan fingerprint density at radius 3 is 2.60 bits per heavy atom. The Bertz CT molecular complexity index is 353. The highest BCUT2D eigenvalue weighted by Crippen LogP contribution is 2.13. The third-order valence-corrected chi connectivity index (χ3v) is 2.42. The van der Waals surface area contributed by atoms with Crippen LogP contribution < -0.4 is 5.73 Å². The molecular formula is C9H12IN3O2. The Labute approximate surface area is 102 Å². The van der Waals surface area contributed by atoms with Crippen LogP contribution in [0.2, 0.25) is 0 Å². The van der Waals surface area contributed by atoms with E-state index in [0.717, 1.165) is 0 Å². The number of esters is 1. The van der Waals surface area contributed by atoms with Crippen LogP contribution in [-0.2, 0) is 9.53 Å². The van der Waals surface area contributed by atoms with Crippen molar-refractivity contribution < 1.29 is 9.53 Å². The Balaban J connectivity index is 4.83. The second-order valence-electron chi connectivity index (χ2n) is 3.18. The van der Waals surface area contributed by atoms with Crippen LogP contribution in [0.1, 0.15) is 13.8 Å². The molecule has 0 saturated heterocycles. The fraction of sp³-hybridized carbons (Fsp3) is 0.444. The number of carbonyl (C=O) groups is 1. The summed E-state index contributed by atoms with van der Waals surface area (Å²) >= 11 is 1.87. The number of allylic oxidation sites excluding steroid dienone is 2. The van der Waals surface area contributed by atoms with Crippen LogP contribution in [0, 0.1) is 11.3 Å². The minimum atomic E-state index is -0.971. The summed E-state index contributed by atoms with van der Waals surface area (Å²) in [5, 5.41) is 8.50. The van der Waals surface area contributed by atoms with Gasteiger partial charge in [0.15, 0.2) is 5.54 Å². The minimum absolute atomic E-state index is 0.0695. The van der Waals surface area contributed by atoms with Crippen molar-refractivity contribution in [1.82, 2.24) is 0 Å². The van der Waals surface area contributed by atoms with Crippen LogP contribution >= 0.6 is 22.6 Å². The smallest absolute Gasteiger partial charge is 0.333 e. The lowest BCUT2D eigenvalue weighted by Gasteiger charge is -2.15. The molecule has 0 heterocycles. The summed E-state index contributed by atoms with van der Waals surface area (Å²) in [7, 11) is 1.30. The summed E-state index contributed by atoms with van der Waals surface area (Å²) in [4.78, 5) is 15.2. The van der Waals surface area contributed by atoms with Gasteiger partial charge in [-0.2, -0.15) is 5.26 Å². The van der Waals surface area contributed by atoms with Gasteiger partial charge in [0.25, 0.3) is 0 Å². The molecule has 5 nitrogen and oxygen atoms in total. The second-order valence-corrected chi connectivity index (χ2v) is 4.34. The summed E-state index contributed by atoms with van der Waals surface area (Å²) in [5.74, 6) is -0.446. The van der Waals surface area contributed by atoms with E-state index < -0.39 is 11.5 Å². The van der Waals surface area contributed by atoms with E-state index in [9.17, 15) is 4.79 Å². The topological polar surface area (TPSA) is 88.5 Å². The zero-order valence-electron chi connectivity index (χ0n) is 8.74. The molecule has 0 aliphatic carbocycles. The molecule has 2 N–H and O–H groups in total. The lowest BCUT2D eigenvalue weighted by Crippen LogP contribution is -2.30. The summed E-state index contributed by atoms with van der Waals surface area (Å²) in [6.45, 7) is 3.23. The molecule has 0 aromatic heterocycles. The molecule has 0 aromatic carbocycles. The van der Waals surface area contributed by atoms with E-state index in [1.165, 1.54) is 13.3 Å². The van der Waals surface area contributed by atoms with Gasteiger partial charge in [-0.3, -0.25) is 4.99 Å². The third kappa shape index (κ3) is 4.29. The molecule has 0 spiro atoms.